The lowest BCUT2D eigenvalue weighted by Crippen LogP contribution is -2.41. The summed E-state index contributed by atoms with van der Waals surface area (Å²) < 4.78 is 0. The summed E-state index contributed by atoms with van der Waals surface area (Å²) in [5.74, 6) is 0.573. The van der Waals surface area contributed by atoms with E-state index < -0.39 is 0 Å². The first-order chi connectivity index (χ1) is 9.54. The van der Waals surface area contributed by atoms with E-state index in [2.05, 4.69) is 22.2 Å². The van der Waals surface area contributed by atoms with Gasteiger partial charge in [0.25, 0.3) is 0 Å². The highest BCUT2D eigenvalue weighted by molar-refractivity contribution is 5.89. The van der Waals surface area contributed by atoms with Gasteiger partial charge in [0.05, 0.1) is 0 Å². The zero-order valence-electron chi connectivity index (χ0n) is 12.6. The van der Waals surface area contributed by atoms with Crippen molar-refractivity contribution in [2.45, 2.75) is 19.8 Å². The highest BCUT2D eigenvalue weighted by Crippen LogP contribution is 2.16. The minimum absolute atomic E-state index is 0.0520. The average Bonchev–Trinajstić information content (AvgIpc) is 2.38. The van der Waals surface area contributed by atoms with Gasteiger partial charge in [-0.25, -0.2) is 4.79 Å². The highest BCUT2D eigenvalue weighted by Gasteiger charge is 2.20. The Morgan fingerprint density at radius 2 is 2.40 bits per heavy atom. The summed E-state index contributed by atoms with van der Waals surface area (Å²) in [5.41, 5.74) is 1.70. The highest BCUT2D eigenvalue weighted by atomic mass is 16.2. The van der Waals surface area contributed by atoms with E-state index in [1.54, 1.807) is 11.1 Å². The number of anilines is 1. The van der Waals surface area contributed by atoms with Crippen molar-refractivity contribution in [1.82, 2.24) is 14.8 Å². The minimum Gasteiger partial charge on any atom is -0.327 e. The Balaban J connectivity index is 1.85. The molecule has 1 aliphatic heterocycles. The number of aromatic nitrogens is 1. The largest absolute Gasteiger partial charge is 0.327 e. The van der Waals surface area contributed by atoms with E-state index in [4.69, 9.17) is 0 Å². The number of nitrogens with one attached hydrogen (secondary N) is 1. The Bertz CT molecular complexity index is 463. The van der Waals surface area contributed by atoms with Crippen LogP contribution in [0.15, 0.2) is 18.3 Å². The van der Waals surface area contributed by atoms with E-state index in [-0.39, 0.29) is 6.03 Å². The van der Waals surface area contributed by atoms with Crippen molar-refractivity contribution in [3.8, 4) is 0 Å². The SMILES string of the molecule is Cc1cc(NC(=O)N(C)CC2CCCN(C)C2)ccn1. The van der Waals surface area contributed by atoms with Crippen molar-refractivity contribution in [3.63, 3.8) is 0 Å². The maximum absolute atomic E-state index is 12.2. The number of rotatable bonds is 3. The molecule has 5 nitrogen and oxygen atoms in total. The Morgan fingerprint density at radius 3 is 3.10 bits per heavy atom. The molecule has 110 valence electrons. The van der Waals surface area contributed by atoms with Crippen molar-refractivity contribution >= 4 is 11.7 Å². The molecule has 1 aliphatic rings. The summed E-state index contributed by atoms with van der Waals surface area (Å²) in [6, 6.07) is 3.64. The van der Waals surface area contributed by atoms with Crippen LogP contribution in [0.5, 0.6) is 0 Å². The van der Waals surface area contributed by atoms with Crippen LogP contribution in [0.2, 0.25) is 0 Å². The average molecular weight is 276 g/mol. The molecule has 1 N–H and O–H groups in total. The first-order valence-electron chi connectivity index (χ1n) is 7.18. The molecule has 1 atom stereocenters. The Labute approximate surface area is 121 Å². The van der Waals surface area contributed by atoms with E-state index in [9.17, 15) is 4.79 Å². The third-order valence-corrected chi connectivity index (χ3v) is 3.75. The summed E-state index contributed by atoms with van der Waals surface area (Å²) >= 11 is 0. The van der Waals surface area contributed by atoms with Crippen LogP contribution in [-0.4, -0.2) is 54.5 Å². The van der Waals surface area contributed by atoms with Crippen LogP contribution in [-0.2, 0) is 0 Å². The molecule has 1 aromatic rings. The van der Waals surface area contributed by atoms with Gasteiger partial charge in [0.15, 0.2) is 0 Å². The summed E-state index contributed by atoms with van der Waals surface area (Å²) in [5, 5.41) is 2.92. The molecular weight excluding hydrogens is 252 g/mol. The molecule has 2 rings (SSSR count). The first kappa shape index (κ1) is 14.8. The van der Waals surface area contributed by atoms with Crippen LogP contribution in [0.3, 0.4) is 0 Å². The van der Waals surface area contributed by atoms with Gasteiger partial charge in [-0.3, -0.25) is 4.98 Å². The molecule has 1 unspecified atom stereocenters. The summed E-state index contributed by atoms with van der Waals surface area (Å²) in [6.45, 7) is 4.96. The number of piperidine rings is 1. The van der Waals surface area contributed by atoms with Gasteiger partial charge in [0.1, 0.15) is 0 Å². The predicted octanol–water partition coefficient (Wildman–Crippen LogP) is 2.20. The molecule has 20 heavy (non-hydrogen) atoms. The molecule has 2 heterocycles. The van der Waals surface area contributed by atoms with Crippen LogP contribution in [0.4, 0.5) is 10.5 Å². The summed E-state index contributed by atoms with van der Waals surface area (Å²) in [4.78, 5) is 20.4. The lowest BCUT2D eigenvalue weighted by Gasteiger charge is -2.32. The number of likely N-dealkylation sites (tertiary alicyclic amines) is 1. The molecule has 5 heteroatoms. The standard InChI is InChI=1S/C15H24N4O/c1-12-9-14(6-7-16-12)17-15(20)19(3)11-13-5-4-8-18(2)10-13/h6-7,9,13H,4-5,8,10-11H2,1-3H3,(H,16,17,20). The zero-order valence-corrected chi connectivity index (χ0v) is 12.6. The quantitative estimate of drug-likeness (QED) is 0.920. The topological polar surface area (TPSA) is 48.5 Å². The third-order valence-electron chi connectivity index (χ3n) is 3.75. The number of nitrogens with zero attached hydrogens (tertiary/aromatic N) is 3. The number of carbonyl (C=O) groups excluding carboxylic acids is 1. The zero-order chi connectivity index (χ0) is 14.5. The molecule has 0 aromatic carbocycles. The second-order valence-corrected chi connectivity index (χ2v) is 5.77. The number of carbonyl (C=O) groups is 1. The lowest BCUT2D eigenvalue weighted by atomic mass is 9.98. The number of pyridine rings is 1. The molecule has 2 amide bonds. The van der Waals surface area contributed by atoms with Crippen LogP contribution < -0.4 is 5.32 Å². The van der Waals surface area contributed by atoms with Gasteiger partial charge in [-0.1, -0.05) is 0 Å². The van der Waals surface area contributed by atoms with Crippen molar-refractivity contribution < 1.29 is 4.79 Å². The van der Waals surface area contributed by atoms with E-state index in [1.165, 1.54) is 19.4 Å². The van der Waals surface area contributed by atoms with Gasteiger partial charge in [0, 0.05) is 37.7 Å². The number of aryl methyl sites for hydroxylation is 1. The maximum atomic E-state index is 12.2. The van der Waals surface area contributed by atoms with E-state index in [1.807, 2.05) is 26.1 Å². The fraction of sp³-hybridized carbons (Fsp3) is 0.600. The van der Waals surface area contributed by atoms with Gasteiger partial charge in [-0.15, -0.1) is 0 Å². The summed E-state index contributed by atoms with van der Waals surface area (Å²) in [7, 11) is 4.00. The maximum Gasteiger partial charge on any atom is 0.321 e. The van der Waals surface area contributed by atoms with Gasteiger partial charge >= 0.3 is 6.03 Å². The molecule has 1 fully saturated rings. The minimum atomic E-state index is -0.0520. The number of amides is 2. The Kier molecular flexibility index (Phi) is 4.95. The van der Waals surface area contributed by atoms with E-state index in [0.717, 1.165) is 24.5 Å². The molecule has 0 saturated carbocycles. The van der Waals surface area contributed by atoms with Gasteiger partial charge in [0.2, 0.25) is 0 Å². The summed E-state index contributed by atoms with van der Waals surface area (Å²) in [6.07, 6.45) is 4.14. The second-order valence-electron chi connectivity index (χ2n) is 5.77. The van der Waals surface area contributed by atoms with Gasteiger partial charge in [-0.05, 0) is 51.4 Å². The fourth-order valence-electron chi connectivity index (χ4n) is 2.73. The molecule has 0 bridgehead atoms. The van der Waals surface area contributed by atoms with E-state index in [0.29, 0.717) is 5.92 Å². The molecule has 1 aromatic heterocycles. The van der Waals surface area contributed by atoms with Crippen LogP contribution in [0.25, 0.3) is 0 Å². The first-order valence-corrected chi connectivity index (χ1v) is 7.18. The van der Waals surface area contributed by atoms with Crippen LogP contribution >= 0.6 is 0 Å². The normalized spacial score (nSPS) is 19.6. The van der Waals surface area contributed by atoms with Gasteiger partial charge < -0.3 is 15.1 Å². The molecule has 1 saturated heterocycles. The fourth-order valence-corrected chi connectivity index (χ4v) is 2.73. The predicted molar refractivity (Wildman–Crippen MR) is 80.8 cm³/mol. The van der Waals surface area contributed by atoms with Crippen molar-refractivity contribution in [2.24, 2.45) is 5.92 Å². The number of hydrogen-bond acceptors (Lipinski definition) is 3. The Hall–Kier alpha value is -1.62. The monoisotopic (exact) mass is 276 g/mol. The smallest absolute Gasteiger partial charge is 0.321 e. The molecular formula is C15H24N4O. The molecule has 0 spiro atoms. The number of urea groups is 1. The second kappa shape index (κ2) is 6.70. The van der Waals surface area contributed by atoms with Crippen molar-refractivity contribution in [3.05, 3.63) is 24.0 Å². The van der Waals surface area contributed by atoms with Crippen molar-refractivity contribution in [2.75, 3.05) is 39.0 Å². The van der Waals surface area contributed by atoms with E-state index >= 15 is 0 Å². The molecule has 0 aliphatic carbocycles. The van der Waals surface area contributed by atoms with Crippen molar-refractivity contribution in [1.29, 1.82) is 0 Å². The van der Waals surface area contributed by atoms with Crippen LogP contribution in [0, 0.1) is 12.8 Å². The lowest BCUT2D eigenvalue weighted by molar-refractivity contribution is 0.170. The van der Waals surface area contributed by atoms with Crippen LogP contribution in [0.1, 0.15) is 18.5 Å². The van der Waals surface area contributed by atoms with Gasteiger partial charge in [-0.2, -0.15) is 0 Å². The number of hydrogen-bond donors (Lipinski definition) is 1. The molecule has 0 radical (unpaired) electrons. The Morgan fingerprint density at radius 1 is 1.60 bits per heavy atom. The third kappa shape index (κ3) is 4.20.